The Bertz CT molecular complexity index is 655. The molecule has 26 heavy (non-hydrogen) atoms. The zero-order chi connectivity index (χ0) is 18.6. The third-order valence-electron chi connectivity index (χ3n) is 5.53. The quantitative estimate of drug-likeness (QED) is 0.846. The van der Waals surface area contributed by atoms with Crippen molar-refractivity contribution in [3.8, 4) is 0 Å². The summed E-state index contributed by atoms with van der Waals surface area (Å²) in [4.78, 5) is 30.5. The number of nitrogens with zero attached hydrogens (tertiary/aromatic N) is 2. The third kappa shape index (κ3) is 4.61. The van der Waals surface area contributed by atoms with Crippen LogP contribution in [-0.4, -0.2) is 39.0 Å². The van der Waals surface area contributed by atoms with E-state index in [0.29, 0.717) is 6.54 Å². The van der Waals surface area contributed by atoms with E-state index in [4.69, 9.17) is 0 Å². The molecule has 1 unspecified atom stereocenters. The van der Waals surface area contributed by atoms with E-state index in [1.807, 2.05) is 23.1 Å². The zero-order valence-electron chi connectivity index (χ0n) is 15.5. The molecule has 1 aliphatic carbocycles. The minimum Gasteiger partial charge on any atom is -0.389 e. The van der Waals surface area contributed by atoms with Crippen molar-refractivity contribution in [1.29, 1.82) is 0 Å². The van der Waals surface area contributed by atoms with Gasteiger partial charge in [0.05, 0.1) is 36.0 Å². The molecule has 0 spiro atoms. The van der Waals surface area contributed by atoms with Gasteiger partial charge in [0, 0.05) is 13.5 Å². The van der Waals surface area contributed by atoms with Gasteiger partial charge in [0.25, 0.3) is 0 Å². The van der Waals surface area contributed by atoms with Crippen LogP contribution in [0.15, 0.2) is 18.2 Å². The molecule has 1 aromatic heterocycles. The van der Waals surface area contributed by atoms with Gasteiger partial charge >= 0.3 is 0 Å². The molecule has 2 aliphatic rings. The van der Waals surface area contributed by atoms with Crippen LogP contribution in [0.5, 0.6) is 0 Å². The third-order valence-corrected chi connectivity index (χ3v) is 5.53. The Hall–Kier alpha value is -1.95. The summed E-state index contributed by atoms with van der Waals surface area (Å²) in [5, 5.41) is 13.5. The monoisotopic (exact) mass is 359 g/mol. The van der Waals surface area contributed by atoms with E-state index in [1.165, 1.54) is 6.92 Å². The fourth-order valence-electron chi connectivity index (χ4n) is 4.14. The average Bonchev–Trinajstić information content (AvgIpc) is 3.10. The van der Waals surface area contributed by atoms with Crippen LogP contribution in [0.3, 0.4) is 0 Å². The SMILES string of the molecule is CC(=O)NCc1cccc(C2CCCN2C(=O)CC2(O)CCCCC2)n1. The molecule has 1 atom stereocenters. The van der Waals surface area contributed by atoms with E-state index in [9.17, 15) is 14.7 Å². The van der Waals surface area contributed by atoms with E-state index < -0.39 is 5.60 Å². The van der Waals surface area contributed by atoms with Gasteiger partial charge in [-0.15, -0.1) is 0 Å². The molecule has 1 aromatic rings. The van der Waals surface area contributed by atoms with Crippen LogP contribution in [0.2, 0.25) is 0 Å². The molecule has 2 heterocycles. The van der Waals surface area contributed by atoms with Gasteiger partial charge in [0.1, 0.15) is 0 Å². The van der Waals surface area contributed by atoms with Crippen LogP contribution in [0.25, 0.3) is 0 Å². The minimum atomic E-state index is -0.830. The molecule has 1 aliphatic heterocycles. The van der Waals surface area contributed by atoms with Crippen LogP contribution < -0.4 is 5.32 Å². The van der Waals surface area contributed by atoms with Gasteiger partial charge in [0.15, 0.2) is 0 Å². The van der Waals surface area contributed by atoms with E-state index in [2.05, 4.69) is 10.3 Å². The summed E-state index contributed by atoms with van der Waals surface area (Å²) in [5.41, 5.74) is 0.834. The van der Waals surface area contributed by atoms with E-state index in [-0.39, 0.29) is 24.3 Å². The highest BCUT2D eigenvalue weighted by molar-refractivity contribution is 5.78. The average molecular weight is 359 g/mol. The number of carbonyl (C=O) groups is 2. The van der Waals surface area contributed by atoms with Gasteiger partial charge < -0.3 is 15.3 Å². The van der Waals surface area contributed by atoms with Gasteiger partial charge in [-0.1, -0.05) is 25.3 Å². The first-order chi connectivity index (χ1) is 12.5. The number of carbonyl (C=O) groups excluding carboxylic acids is 2. The summed E-state index contributed by atoms with van der Waals surface area (Å²) in [5.74, 6) is -0.0541. The molecule has 2 N–H and O–H groups in total. The van der Waals surface area contributed by atoms with Crippen molar-refractivity contribution < 1.29 is 14.7 Å². The Labute approximate surface area is 155 Å². The van der Waals surface area contributed by atoms with E-state index in [0.717, 1.165) is 62.9 Å². The summed E-state index contributed by atoms with van der Waals surface area (Å²) < 4.78 is 0. The van der Waals surface area contributed by atoms with Crippen LogP contribution in [0, 0.1) is 0 Å². The lowest BCUT2D eigenvalue weighted by atomic mass is 9.82. The van der Waals surface area contributed by atoms with Crippen molar-refractivity contribution in [3.63, 3.8) is 0 Å². The summed E-state index contributed by atoms with van der Waals surface area (Å²) in [7, 11) is 0. The van der Waals surface area contributed by atoms with Crippen LogP contribution in [0.4, 0.5) is 0 Å². The first-order valence-electron chi connectivity index (χ1n) is 9.69. The molecule has 1 saturated carbocycles. The number of rotatable bonds is 5. The molecular weight excluding hydrogens is 330 g/mol. The highest BCUT2D eigenvalue weighted by Crippen LogP contribution is 2.35. The van der Waals surface area contributed by atoms with Crippen molar-refractivity contribution in [2.45, 2.75) is 76.5 Å². The van der Waals surface area contributed by atoms with Crippen LogP contribution >= 0.6 is 0 Å². The van der Waals surface area contributed by atoms with Crippen molar-refractivity contribution in [3.05, 3.63) is 29.6 Å². The molecule has 0 radical (unpaired) electrons. The van der Waals surface area contributed by atoms with Gasteiger partial charge in [0.2, 0.25) is 11.8 Å². The first kappa shape index (κ1) is 18.8. The molecule has 2 amide bonds. The fourth-order valence-corrected chi connectivity index (χ4v) is 4.14. The Balaban J connectivity index is 1.68. The molecule has 6 nitrogen and oxygen atoms in total. The normalized spacial score (nSPS) is 22.2. The number of pyridine rings is 1. The highest BCUT2D eigenvalue weighted by Gasteiger charge is 2.37. The maximum absolute atomic E-state index is 12.9. The van der Waals surface area contributed by atoms with E-state index >= 15 is 0 Å². The maximum atomic E-state index is 12.9. The Morgan fingerprint density at radius 2 is 2.04 bits per heavy atom. The summed E-state index contributed by atoms with van der Waals surface area (Å²) in [6.45, 7) is 2.60. The Morgan fingerprint density at radius 3 is 2.77 bits per heavy atom. The molecule has 3 rings (SSSR count). The van der Waals surface area contributed by atoms with E-state index in [1.54, 1.807) is 0 Å². The standard InChI is InChI=1S/C20H29N3O3/c1-15(24)21-14-16-7-5-8-17(22-16)18-9-6-12-23(18)19(25)13-20(26)10-3-2-4-11-20/h5,7-8,18,26H,2-4,6,9-14H2,1H3,(H,21,24). The second kappa shape index (κ2) is 8.16. The van der Waals surface area contributed by atoms with Crippen LogP contribution in [-0.2, 0) is 16.1 Å². The number of aliphatic hydroxyl groups is 1. The first-order valence-corrected chi connectivity index (χ1v) is 9.69. The lowest BCUT2D eigenvalue weighted by Crippen LogP contribution is -2.40. The number of likely N-dealkylation sites (tertiary alicyclic amines) is 1. The lowest BCUT2D eigenvalue weighted by Gasteiger charge is -2.34. The molecule has 1 saturated heterocycles. The van der Waals surface area contributed by atoms with Gasteiger partial charge in [-0.2, -0.15) is 0 Å². The highest BCUT2D eigenvalue weighted by atomic mass is 16.3. The summed E-state index contributed by atoms with van der Waals surface area (Å²) >= 11 is 0. The predicted molar refractivity (Wildman–Crippen MR) is 98.1 cm³/mol. The maximum Gasteiger partial charge on any atom is 0.226 e. The van der Waals surface area contributed by atoms with Crippen LogP contribution in [0.1, 0.15) is 75.7 Å². The largest absolute Gasteiger partial charge is 0.389 e. The van der Waals surface area contributed by atoms with Gasteiger partial charge in [-0.25, -0.2) is 0 Å². The van der Waals surface area contributed by atoms with Gasteiger partial charge in [-0.05, 0) is 37.8 Å². The molecular formula is C20H29N3O3. The minimum absolute atomic E-state index is 0.0333. The lowest BCUT2D eigenvalue weighted by molar-refractivity contribution is -0.138. The number of aromatic nitrogens is 1. The topological polar surface area (TPSA) is 82.5 Å². The Kier molecular flexibility index (Phi) is 5.91. The number of hydrogen-bond donors (Lipinski definition) is 2. The smallest absolute Gasteiger partial charge is 0.226 e. The van der Waals surface area contributed by atoms with Crippen molar-refractivity contribution >= 4 is 11.8 Å². The molecule has 2 fully saturated rings. The second-order valence-electron chi connectivity index (χ2n) is 7.67. The number of amides is 2. The number of nitrogens with one attached hydrogen (secondary N) is 1. The zero-order valence-corrected chi connectivity index (χ0v) is 15.5. The van der Waals surface area contributed by atoms with Gasteiger partial charge in [-0.3, -0.25) is 14.6 Å². The van der Waals surface area contributed by atoms with Crippen molar-refractivity contribution in [2.24, 2.45) is 0 Å². The molecule has 0 bridgehead atoms. The molecule has 6 heteroatoms. The van der Waals surface area contributed by atoms with Crippen molar-refractivity contribution in [1.82, 2.24) is 15.2 Å². The molecule has 142 valence electrons. The Morgan fingerprint density at radius 1 is 1.27 bits per heavy atom. The summed E-state index contributed by atoms with van der Waals surface area (Å²) in [6, 6.07) is 5.72. The van der Waals surface area contributed by atoms with Crippen molar-refractivity contribution in [2.75, 3.05) is 6.54 Å². The fraction of sp³-hybridized carbons (Fsp3) is 0.650. The number of hydrogen-bond acceptors (Lipinski definition) is 4. The predicted octanol–water partition coefficient (Wildman–Crippen LogP) is 2.47. The summed E-state index contributed by atoms with van der Waals surface area (Å²) in [6.07, 6.45) is 6.65. The second-order valence-corrected chi connectivity index (χ2v) is 7.67. The molecule has 0 aromatic carbocycles.